The van der Waals surface area contributed by atoms with Crippen molar-refractivity contribution in [2.24, 2.45) is 5.92 Å². The second-order valence-electron chi connectivity index (χ2n) is 5.61. The van der Waals surface area contributed by atoms with Gasteiger partial charge in [0.15, 0.2) is 17.6 Å². The smallest absolute Gasteiger partial charge is 0.339 e. The van der Waals surface area contributed by atoms with Gasteiger partial charge in [0.25, 0.3) is 5.91 Å². The molecule has 1 aromatic carbocycles. The zero-order chi connectivity index (χ0) is 18.3. The Morgan fingerprint density at radius 2 is 1.92 bits per heavy atom. The summed E-state index contributed by atoms with van der Waals surface area (Å²) in [5.41, 5.74) is 0.273. The van der Waals surface area contributed by atoms with E-state index >= 15 is 0 Å². The molecule has 0 aliphatic rings. The molecule has 1 atom stereocenters. The first-order chi connectivity index (χ1) is 11.3. The highest BCUT2D eigenvalue weighted by Crippen LogP contribution is 2.36. The standard InChI is InChI=1S/C17H24BrNO5/c1-6-23-14-8-12(7-13(18)15(14)22-5)17(21)24-11(4)16(20)19-9-10(2)3/h7-8,10-11H,6,9H2,1-5H3,(H,19,20)/t11-/m0/s1. The van der Waals surface area contributed by atoms with Crippen LogP contribution in [0.15, 0.2) is 16.6 Å². The number of amides is 1. The Hall–Kier alpha value is -1.76. The Morgan fingerprint density at radius 3 is 2.46 bits per heavy atom. The van der Waals surface area contributed by atoms with Gasteiger partial charge in [-0.25, -0.2) is 4.79 Å². The van der Waals surface area contributed by atoms with E-state index in [2.05, 4.69) is 21.2 Å². The van der Waals surface area contributed by atoms with Crippen LogP contribution in [0.2, 0.25) is 0 Å². The van der Waals surface area contributed by atoms with Crippen molar-refractivity contribution in [1.29, 1.82) is 0 Å². The van der Waals surface area contributed by atoms with Crippen molar-refractivity contribution in [2.45, 2.75) is 33.8 Å². The SMILES string of the molecule is CCOc1cc(C(=O)O[C@@H](C)C(=O)NCC(C)C)cc(Br)c1OC. The van der Waals surface area contributed by atoms with Gasteiger partial charge in [-0.15, -0.1) is 0 Å². The van der Waals surface area contributed by atoms with Crippen LogP contribution in [0.4, 0.5) is 0 Å². The van der Waals surface area contributed by atoms with E-state index in [1.807, 2.05) is 20.8 Å². The van der Waals surface area contributed by atoms with Crippen LogP contribution in [0.3, 0.4) is 0 Å². The lowest BCUT2D eigenvalue weighted by molar-refractivity contribution is -0.129. The maximum atomic E-state index is 12.3. The van der Waals surface area contributed by atoms with Gasteiger partial charge >= 0.3 is 5.97 Å². The number of nitrogens with one attached hydrogen (secondary N) is 1. The Bertz CT molecular complexity index is 589. The second kappa shape index (κ2) is 9.52. The van der Waals surface area contributed by atoms with Gasteiger partial charge in [0, 0.05) is 6.54 Å². The minimum Gasteiger partial charge on any atom is -0.492 e. The Morgan fingerprint density at radius 1 is 1.25 bits per heavy atom. The molecular formula is C17H24BrNO5. The van der Waals surface area contributed by atoms with Crippen LogP contribution in [0.1, 0.15) is 38.1 Å². The molecule has 1 N–H and O–H groups in total. The molecule has 0 saturated carbocycles. The predicted molar refractivity (Wildman–Crippen MR) is 94.6 cm³/mol. The molecule has 0 unspecified atom stereocenters. The molecule has 0 bridgehead atoms. The minimum atomic E-state index is -0.882. The van der Waals surface area contributed by atoms with Gasteiger partial charge in [-0.1, -0.05) is 13.8 Å². The van der Waals surface area contributed by atoms with Gasteiger partial charge in [0.05, 0.1) is 23.8 Å². The molecular weight excluding hydrogens is 378 g/mol. The molecule has 1 rings (SSSR count). The topological polar surface area (TPSA) is 73.9 Å². The number of carbonyl (C=O) groups excluding carboxylic acids is 2. The molecule has 6 nitrogen and oxygen atoms in total. The number of rotatable bonds is 8. The first kappa shape index (κ1) is 20.3. The van der Waals surface area contributed by atoms with Gasteiger partial charge < -0.3 is 19.5 Å². The number of hydrogen-bond donors (Lipinski definition) is 1. The summed E-state index contributed by atoms with van der Waals surface area (Å²) >= 11 is 3.34. The quantitative estimate of drug-likeness (QED) is 0.677. The van der Waals surface area contributed by atoms with Crippen molar-refractivity contribution in [3.8, 4) is 11.5 Å². The van der Waals surface area contributed by atoms with Crippen LogP contribution in [-0.2, 0) is 9.53 Å². The molecule has 0 fully saturated rings. The fourth-order valence-corrected chi connectivity index (χ4v) is 2.48. The molecule has 0 aromatic heterocycles. The largest absolute Gasteiger partial charge is 0.492 e. The van der Waals surface area contributed by atoms with E-state index in [0.717, 1.165) is 0 Å². The Kier molecular flexibility index (Phi) is 8.04. The van der Waals surface area contributed by atoms with E-state index in [1.165, 1.54) is 20.1 Å². The number of carbonyl (C=O) groups is 2. The van der Waals surface area contributed by atoms with E-state index in [0.29, 0.717) is 35.0 Å². The zero-order valence-electron chi connectivity index (χ0n) is 14.6. The molecule has 0 aliphatic carbocycles. The van der Waals surface area contributed by atoms with Crippen LogP contribution in [0.5, 0.6) is 11.5 Å². The first-order valence-electron chi connectivity index (χ1n) is 7.79. The molecule has 0 radical (unpaired) electrons. The number of methoxy groups -OCH3 is 1. The van der Waals surface area contributed by atoms with E-state index in [9.17, 15) is 9.59 Å². The fraction of sp³-hybridized carbons (Fsp3) is 0.529. The molecule has 7 heteroatoms. The Balaban J connectivity index is 2.85. The molecule has 0 saturated heterocycles. The third-order valence-corrected chi connectivity index (χ3v) is 3.68. The summed E-state index contributed by atoms with van der Waals surface area (Å²) < 4.78 is 16.5. The van der Waals surface area contributed by atoms with Crippen molar-refractivity contribution >= 4 is 27.8 Å². The van der Waals surface area contributed by atoms with E-state index in [4.69, 9.17) is 14.2 Å². The van der Waals surface area contributed by atoms with Crippen LogP contribution in [0, 0.1) is 5.92 Å². The number of esters is 1. The van der Waals surface area contributed by atoms with Gasteiger partial charge in [-0.3, -0.25) is 4.79 Å². The number of halogens is 1. The summed E-state index contributed by atoms with van der Waals surface area (Å²) in [4.78, 5) is 24.2. The lowest BCUT2D eigenvalue weighted by Crippen LogP contribution is -2.37. The van der Waals surface area contributed by atoms with Crippen molar-refractivity contribution in [1.82, 2.24) is 5.32 Å². The van der Waals surface area contributed by atoms with E-state index < -0.39 is 12.1 Å². The average molecular weight is 402 g/mol. The van der Waals surface area contributed by atoms with Crippen LogP contribution >= 0.6 is 15.9 Å². The highest BCUT2D eigenvalue weighted by Gasteiger charge is 2.21. The third-order valence-electron chi connectivity index (χ3n) is 3.09. The zero-order valence-corrected chi connectivity index (χ0v) is 16.2. The molecule has 1 amide bonds. The van der Waals surface area contributed by atoms with Crippen LogP contribution < -0.4 is 14.8 Å². The molecule has 0 aliphatic heterocycles. The lowest BCUT2D eigenvalue weighted by Gasteiger charge is -2.16. The molecule has 1 aromatic rings. The maximum absolute atomic E-state index is 12.3. The minimum absolute atomic E-state index is 0.273. The van der Waals surface area contributed by atoms with Crippen molar-refractivity contribution in [3.05, 3.63) is 22.2 Å². The highest BCUT2D eigenvalue weighted by molar-refractivity contribution is 9.10. The lowest BCUT2D eigenvalue weighted by atomic mass is 10.2. The predicted octanol–water partition coefficient (Wildman–Crippen LogP) is 3.17. The van der Waals surface area contributed by atoms with Crippen molar-refractivity contribution in [2.75, 3.05) is 20.3 Å². The van der Waals surface area contributed by atoms with E-state index in [1.54, 1.807) is 6.07 Å². The summed E-state index contributed by atoms with van der Waals surface area (Å²) in [5.74, 6) is 0.318. The summed E-state index contributed by atoms with van der Waals surface area (Å²) in [6.45, 7) is 8.30. The monoisotopic (exact) mass is 401 g/mol. The van der Waals surface area contributed by atoms with Crippen molar-refractivity contribution in [3.63, 3.8) is 0 Å². The summed E-state index contributed by atoms with van der Waals surface area (Å²) in [7, 11) is 1.52. The Labute approximate surface area is 151 Å². The summed E-state index contributed by atoms with van der Waals surface area (Å²) in [5, 5.41) is 2.73. The summed E-state index contributed by atoms with van der Waals surface area (Å²) in [6, 6.07) is 3.11. The molecule has 0 spiro atoms. The molecule has 0 heterocycles. The van der Waals surface area contributed by atoms with Crippen LogP contribution in [0.25, 0.3) is 0 Å². The van der Waals surface area contributed by atoms with Gasteiger partial charge in [-0.05, 0) is 47.8 Å². The summed E-state index contributed by atoms with van der Waals surface area (Å²) in [6.07, 6.45) is -0.882. The first-order valence-corrected chi connectivity index (χ1v) is 8.58. The third kappa shape index (κ3) is 5.70. The molecule has 24 heavy (non-hydrogen) atoms. The van der Waals surface area contributed by atoms with Gasteiger partial charge in [-0.2, -0.15) is 0 Å². The normalized spacial score (nSPS) is 11.8. The van der Waals surface area contributed by atoms with Crippen LogP contribution in [-0.4, -0.2) is 38.2 Å². The van der Waals surface area contributed by atoms with Crippen molar-refractivity contribution < 1.29 is 23.8 Å². The van der Waals surface area contributed by atoms with E-state index in [-0.39, 0.29) is 11.5 Å². The molecule has 134 valence electrons. The number of ether oxygens (including phenoxy) is 3. The number of hydrogen-bond acceptors (Lipinski definition) is 5. The number of benzene rings is 1. The van der Waals surface area contributed by atoms with Gasteiger partial charge in [0.2, 0.25) is 0 Å². The highest BCUT2D eigenvalue weighted by atomic mass is 79.9. The van der Waals surface area contributed by atoms with Gasteiger partial charge in [0.1, 0.15) is 0 Å². The average Bonchev–Trinajstić information content (AvgIpc) is 2.52. The second-order valence-corrected chi connectivity index (χ2v) is 6.46. The fourth-order valence-electron chi connectivity index (χ4n) is 1.88. The maximum Gasteiger partial charge on any atom is 0.339 e.